The number of rotatable bonds is 5. The van der Waals surface area contributed by atoms with Crippen molar-refractivity contribution in [2.24, 2.45) is 5.73 Å². The molecule has 0 bridgehead atoms. The number of thiophene rings is 1. The van der Waals surface area contributed by atoms with Crippen LogP contribution < -0.4 is 5.73 Å². The number of hydrogen-bond acceptors (Lipinski definition) is 3. The van der Waals surface area contributed by atoms with Gasteiger partial charge in [0.05, 0.1) is 0 Å². The quantitative estimate of drug-likeness (QED) is 0.808. The lowest BCUT2D eigenvalue weighted by Gasteiger charge is -2.34. The second-order valence-corrected chi connectivity index (χ2v) is 5.30. The molecule has 0 fully saturated rings. The van der Waals surface area contributed by atoms with E-state index in [4.69, 9.17) is 5.73 Å². The van der Waals surface area contributed by atoms with Gasteiger partial charge in [0, 0.05) is 23.5 Å². The molecule has 1 heterocycles. The Balaban J connectivity index is 2.38. The van der Waals surface area contributed by atoms with Crippen LogP contribution in [-0.2, 0) is 6.42 Å². The molecular weight excluding hydrogens is 192 g/mol. The minimum atomic E-state index is 0.108. The van der Waals surface area contributed by atoms with E-state index in [1.807, 2.05) is 11.3 Å². The smallest absolute Gasteiger partial charge is 0.0272 e. The summed E-state index contributed by atoms with van der Waals surface area (Å²) >= 11 is 1.83. The van der Waals surface area contributed by atoms with Gasteiger partial charge >= 0.3 is 0 Å². The molecule has 1 rings (SSSR count). The molecule has 0 aromatic carbocycles. The van der Waals surface area contributed by atoms with E-state index in [-0.39, 0.29) is 5.54 Å². The van der Waals surface area contributed by atoms with E-state index in [1.165, 1.54) is 4.88 Å². The summed E-state index contributed by atoms with van der Waals surface area (Å²) in [5.74, 6) is 0. The summed E-state index contributed by atoms with van der Waals surface area (Å²) in [6.07, 6.45) is 1.12. The largest absolute Gasteiger partial charge is 0.329 e. The molecular formula is C11H20N2S. The van der Waals surface area contributed by atoms with Gasteiger partial charge in [-0.25, -0.2) is 0 Å². The van der Waals surface area contributed by atoms with Crippen molar-refractivity contribution in [1.82, 2.24) is 4.90 Å². The van der Waals surface area contributed by atoms with Crippen LogP contribution in [0, 0.1) is 0 Å². The summed E-state index contributed by atoms with van der Waals surface area (Å²) in [6, 6.07) is 4.29. The van der Waals surface area contributed by atoms with Crippen LogP contribution >= 0.6 is 11.3 Å². The summed E-state index contributed by atoms with van der Waals surface area (Å²) in [5.41, 5.74) is 5.83. The minimum absolute atomic E-state index is 0.108. The second kappa shape index (κ2) is 4.91. The Morgan fingerprint density at radius 3 is 2.71 bits per heavy atom. The average Bonchev–Trinajstić information content (AvgIpc) is 2.66. The monoisotopic (exact) mass is 212 g/mol. The van der Waals surface area contributed by atoms with Crippen LogP contribution in [-0.4, -0.2) is 30.6 Å². The highest BCUT2D eigenvalue weighted by Crippen LogP contribution is 2.13. The van der Waals surface area contributed by atoms with Gasteiger partial charge in [-0.05, 0) is 38.8 Å². The third-order valence-electron chi connectivity index (χ3n) is 2.81. The standard InChI is InChI=1S/C11H20N2S/c1-11(2,9-12)13(3)7-6-10-5-4-8-14-10/h4-5,8H,6-7,9,12H2,1-3H3. The fraction of sp³-hybridized carbons (Fsp3) is 0.636. The number of hydrogen-bond donors (Lipinski definition) is 1. The van der Waals surface area contributed by atoms with E-state index in [0.29, 0.717) is 6.54 Å². The molecule has 80 valence electrons. The lowest BCUT2D eigenvalue weighted by Crippen LogP contribution is -2.47. The van der Waals surface area contributed by atoms with E-state index in [0.717, 1.165) is 13.0 Å². The molecule has 0 saturated heterocycles. The maximum Gasteiger partial charge on any atom is 0.0272 e. The van der Waals surface area contributed by atoms with Crippen LogP contribution in [0.25, 0.3) is 0 Å². The summed E-state index contributed by atoms with van der Waals surface area (Å²) in [4.78, 5) is 3.77. The minimum Gasteiger partial charge on any atom is -0.329 e. The summed E-state index contributed by atoms with van der Waals surface area (Å²) in [7, 11) is 2.14. The lowest BCUT2D eigenvalue weighted by molar-refractivity contribution is 0.166. The summed E-state index contributed by atoms with van der Waals surface area (Å²) in [5, 5.41) is 2.13. The lowest BCUT2D eigenvalue weighted by atomic mass is 10.0. The molecule has 2 nitrogen and oxygen atoms in total. The van der Waals surface area contributed by atoms with Crippen molar-refractivity contribution < 1.29 is 0 Å². The maximum absolute atomic E-state index is 5.72. The van der Waals surface area contributed by atoms with E-state index in [2.05, 4.69) is 43.3 Å². The average molecular weight is 212 g/mol. The SMILES string of the molecule is CN(CCc1cccs1)C(C)(C)CN. The molecule has 0 saturated carbocycles. The fourth-order valence-corrected chi connectivity index (χ4v) is 1.89. The third-order valence-corrected chi connectivity index (χ3v) is 3.74. The molecule has 1 aromatic heterocycles. The van der Waals surface area contributed by atoms with Crippen molar-refractivity contribution in [3.8, 4) is 0 Å². The maximum atomic E-state index is 5.72. The topological polar surface area (TPSA) is 29.3 Å². The van der Waals surface area contributed by atoms with Gasteiger partial charge in [0.1, 0.15) is 0 Å². The van der Waals surface area contributed by atoms with Gasteiger partial charge in [-0.15, -0.1) is 11.3 Å². The zero-order valence-corrected chi connectivity index (χ0v) is 10.1. The molecule has 0 aliphatic heterocycles. The molecule has 0 aliphatic rings. The molecule has 14 heavy (non-hydrogen) atoms. The first-order valence-corrected chi connectivity index (χ1v) is 5.88. The molecule has 1 aromatic rings. The van der Waals surface area contributed by atoms with E-state index in [1.54, 1.807) is 0 Å². The molecule has 0 spiro atoms. The van der Waals surface area contributed by atoms with Gasteiger partial charge < -0.3 is 5.73 Å². The molecule has 0 atom stereocenters. The number of likely N-dealkylation sites (N-methyl/N-ethyl adjacent to an activating group) is 1. The van der Waals surface area contributed by atoms with Gasteiger partial charge in [-0.2, -0.15) is 0 Å². The number of nitrogens with two attached hydrogens (primary N) is 1. The normalized spacial score (nSPS) is 12.4. The first kappa shape index (κ1) is 11.7. The molecule has 3 heteroatoms. The predicted molar refractivity (Wildman–Crippen MR) is 63.8 cm³/mol. The predicted octanol–water partition coefficient (Wildman–Crippen LogP) is 1.96. The van der Waals surface area contributed by atoms with Crippen molar-refractivity contribution >= 4 is 11.3 Å². The molecule has 2 N–H and O–H groups in total. The van der Waals surface area contributed by atoms with Crippen molar-refractivity contribution in [3.05, 3.63) is 22.4 Å². The Kier molecular flexibility index (Phi) is 4.11. The van der Waals surface area contributed by atoms with E-state index < -0.39 is 0 Å². The Morgan fingerprint density at radius 2 is 2.21 bits per heavy atom. The first-order valence-electron chi connectivity index (χ1n) is 5.00. The molecule has 0 radical (unpaired) electrons. The second-order valence-electron chi connectivity index (χ2n) is 4.27. The van der Waals surface area contributed by atoms with Crippen LogP contribution in [0.3, 0.4) is 0 Å². The Morgan fingerprint density at radius 1 is 1.50 bits per heavy atom. The zero-order valence-electron chi connectivity index (χ0n) is 9.29. The van der Waals surface area contributed by atoms with Crippen LogP contribution in [0.15, 0.2) is 17.5 Å². The van der Waals surface area contributed by atoms with Crippen molar-refractivity contribution in [3.63, 3.8) is 0 Å². The molecule has 0 unspecified atom stereocenters. The third kappa shape index (κ3) is 3.08. The van der Waals surface area contributed by atoms with Gasteiger partial charge in [-0.1, -0.05) is 6.07 Å². The highest BCUT2D eigenvalue weighted by atomic mass is 32.1. The Bertz CT molecular complexity index is 254. The van der Waals surface area contributed by atoms with Crippen LogP contribution in [0.1, 0.15) is 18.7 Å². The summed E-state index contributed by atoms with van der Waals surface area (Å²) < 4.78 is 0. The van der Waals surface area contributed by atoms with Crippen molar-refractivity contribution in [1.29, 1.82) is 0 Å². The van der Waals surface area contributed by atoms with E-state index in [9.17, 15) is 0 Å². The molecule has 0 aliphatic carbocycles. The zero-order chi connectivity index (χ0) is 10.6. The van der Waals surface area contributed by atoms with Crippen LogP contribution in [0.2, 0.25) is 0 Å². The Labute approximate surface area is 90.7 Å². The van der Waals surface area contributed by atoms with Crippen molar-refractivity contribution in [2.75, 3.05) is 20.1 Å². The first-order chi connectivity index (χ1) is 6.56. The van der Waals surface area contributed by atoms with Crippen LogP contribution in [0.5, 0.6) is 0 Å². The van der Waals surface area contributed by atoms with Crippen LogP contribution in [0.4, 0.5) is 0 Å². The highest BCUT2D eigenvalue weighted by Gasteiger charge is 2.20. The van der Waals surface area contributed by atoms with Gasteiger partial charge in [0.25, 0.3) is 0 Å². The van der Waals surface area contributed by atoms with E-state index >= 15 is 0 Å². The Hall–Kier alpha value is -0.380. The highest BCUT2D eigenvalue weighted by molar-refractivity contribution is 7.09. The van der Waals surface area contributed by atoms with Gasteiger partial charge in [0.15, 0.2) is 0 Å². The molecule has 0 amide bonds. The van der Waals surface area contributed by atoms with Crippen molar-refractivity contribution in [2.45, 2.75) is 25.8 Å². The fourth-order valence-electron chi connectivity index (χ4n) is 1.19. The summed E-state index contributed by atoms with van der Waals surface area (Å²) in [6.45, 7) is 6.14. The van der Waals surface area contributed by atoms with Gasteiger partial charge in [0.2, 0.25) is 0 Å². The number of nitrogens with zero attached hydrogens (tertiary/aromatic N) is 1. The van der Waals surface area contributed by atoms with Gasteiger partial charge in [-0.3, -0.25) is 4.90 Å².